The molecule has 1 aromatic rings. The predicted molar refractivity (Wildman–Crippen MR) is 69.2 cm³/mol. The van der Waals surface area contributed by atoms with E-state index >= 15 is 0 Å². The van der Waals surface area contributed by atoms with E-state index in [1.807, 2.05) is 0 Å². The lowest BCUT2D eigenvalue weighted by Crippen LogP contribution is -2.53. The van der Waals surface area contributed by atoms with Gasteiger partial charge in [-0.25, -0.2) is 4.39 Å². The van der Waals surface area contributed by atoms with Gasteiger partial charge in [0.25, 0.3) is 0 Å². The zero-order valence-electron chi connectivity index (χ0n) is 11.3. The molecular formula is C12H13B2F4NO. The molecule has 4 radical (unpaired) electrons. The normalized spacial score (nSPS) is 13.3. The summed E-state index contributed by atoms with van der Waals surface area (Å²) in [4.78, 5) is 0. The van der Waals surface area contributed by atoms with Gasteiger partial charge in [0.05, 0.1) is 15.7 Å². The van der Waals surface area contributed by atoms with Crippen LogP contribution in [-0.2, 0) is 5.34 Å². The number of ether oxygens (including phenoxy) is 1. The third-order valence-corrected chi connectivity index (χ3v) is 2.20. The third kappa shape index (κ3) is 5.07. The molecule has 20 heavy (non-hydrogen) atoms. The Morgan fingerprint density at radius 1 is 1.10 bits per heavy atom. The summed E-state index contributed by atoms with van der Waals surface area (Å²) in [5.74, 6) is -1.42. The summed E-state index contributed by atoms with van der Waals surface area (Å²) in [7, 11) is 11.5. The van der Waals surface area contributed by atoms with Crippen molar-refractivity contribution in [2.45, 2.75) is 38.0 Å². The molecule has 0 heterocycles. The van der Waals surface area contributed by atoms with Gasteiger partial charge in [-0.05, 0) is 49.9 Å². The number of hydrogen-bond acceptors (Lipinski definition) is 2. The monoisotopic (exact) mass is 285 g/mol. The highest BCUT2D eigenvalue weighted by molar-refractivity contribution is 6.39. The zero-order chi connectivity index (χ0) is 15.8. The Balaban J connectivity index is 3.14. The summed E-state index contributed by atoms with van der Waals surface area (Å²) < 4.78 is 53.9. The predicted octanol–water partition coefficient (Wildman–Crippen LogP) is 2.56. The van der Waals surface area contributed by atoms with E-state index in [0.717, 1.165) is 18.2 Å². The molecule has 0 spiro atoms. The van der Waals surface area contributed by atoms with Gasteiger partial charge in [0.1, 0.15) is 11.6 Å². The van der Waals surface area contributed by atoms with Crippen LogP contribution in [0, 0.1) is 5.82 Å². The van der Waals surface area contributed by atoms with E-state index in [4.69, 9.17) is 15.7 Å². The van der Waals surface area contributed by atoms with E-state index in [9.17, 15) is 17.6 Å². The van der Waals surface area contributed by atoms with Gasteiger partial charge in [0.2, 0.25) is 0 Å². The van der Waals surface area contributed by atoms with Crippen molar-refractivity contribution in [1.29, 1.82) is 0 Å². The van der Waals surface area contributed by atoms with E-state index in [1.54, 1.807) is 20.8 Å². The van der Waals surface area contributed by atoms with Crippen molar-refractivity contribution in [3.05, 3.63) is 29.6 Å². The van der Waals surface area contributed by atoms with E-state index in [0.29, 0.717) is 0 Å². The molecule has 1 rings (SSSR count). The topological polar surface area (TPSA) is 21.3 Å². The summed E-state index contributed by atoms with van der Waals surface area (Å²) in [5, 5.41) is 0.881. The van der Waals surface area contributed by atoms with Crippen LogP contribution in [0.15, 0.2) is 18.2 Å². The fourth-order valence-corrected chi connectivity index (χ4v) is 1.71. The molecule has 0 aliphatic rings. The Labute approximate surface area is 117 Å². The van der Waals surface area contributed by atoms with Crippen molar-refractivity contribution in [2.75, 3.05) is 0 Å². The molecule has 2 nitrogen and oxygen atoms in total. The number of alkyl halides is 3. The van der Waals surface area contributed by atoms with Crippen LogP contribution in [0.25, 0.3) is 0 Å². The van der Waals surface area contributed by atoms with Crippen LogP contribution in [0.3, 0.4) is 0 Å². The number of hydrogen-bond donors (Lipinski definition) is 1. The van der Waals surface area contributed by atoms with Crippen LogP contribution < -0.4 is 10.1 Å². The Hall–Kier alpha value is -1.17. The molecule has 0 amide bonds. The molecule has 8 heteroatoms. The Bertz CT molecular complexity index is 483. The van der Waals surface area contributed by atoms with Crippen LogP contribution in [0.2, 0.25) is 0 Å². The number of rotatable bonds is 3. The first-order valence-electron chi connectivity index (χ1n) is 5.73. The maximum atomic E-state index is 13.7. The number of benzene rings is 1. The van der Waals surface area contributed by atoms with Gasteiger partial charge in [-0.2, -0.15) is 0 Å². The van der Waals surface area contributed by atoms with Gasteiger partial charge in [-0.1, -0.05) is 0 Å². The molecule has 0 atom stereocenters. The lowest BCUT2D eigenvalue weighted by Gasteiger charge is -2.36. The van der Waals surface area contributed by atoms with Gasteiger partial charge in [-0.3, -0.25) is 0 Å². The summed E-state index contributed by atoms with van der Waals surface area (Å²) in [6, 6.07) is 2.48. The van der Waals surface area contributed by atoms with E-state index in [2.05, 4.69) is 10.1 Å². The molecule has 0 bridgehead atoms. The van der Waals surface area contributed by atoms with Crippen molar-refractivity contribution >= 4 is 15.7 Å². The maximum absolute atomic E-state index is 13.7. The van der Waals surface area contributed by atoms with Gasteiger partial charge < -0.3 is 10.1 Å². The van der Waals surface area contributed by atoms with Gasteiger partial charge in [0.15, 0.2) is 0 Å². The van der Waals surface area contributed by atoms with Crippen LogP contribution in [0.5, 0.6) is 5.75 Å². The summed E-state index contributed by atoms with van der Waals surface area (Å²) in [6.45, 7) is 5.19. The number of nitrogens with one attached hydrogen (secondary N) is 1. The number of halogens is 4. The lowest BCUT2D eigenvalue weighted by molar-refractivity contribution is -0.274. The quantitative estimate of drug-likeness (QED) is 0.680. The zero-order valence-corrected chi connectivity index (χ0v) is 11.3. The smallest absolute Gasteiger partial charge is 0.406 e. The average molecular weight is 285 g/mol. The molecule has 0 aliphatic heterocycles. The standard InChI is InChI=1S/C12H13B2F4NO/c1-10(2,3)19-11(13,14)8-6-7(4-5-9(8)15)20-12(16,17)18/h4-6,19H,1-3H3. The van der Waals surface area contributed by atoms with E-state index in [-0.39, 0.29) is 5.56 Å². The first-order valence-corrected chi connectivity index (χ1v) is 5.73. The molecule has 0 saturated heterocycles. The lowest BCUT2D eigenvalue weighted by atomic mass is 9.57. The summed E-state index contributed by atoms with van der Waals surface area (Å²) >= 11 is 0. The average Bonchev–Trinajstić information content (AvgIpc) is 2.14. The van der Waals surface area contributed by atoms with Crippen molar-refractivity contribution in [3.8, 4) is 5.75 Å². The Kier molecular flexibility index (Phi) is 4.49. The minimum Gasteiger partial charge on any atom is -0.406 e. The fourth-order valence-electron chi connectivity index (χ4n) is 1.71. The minimum atomic E-state index is -4.88. The molecule has 1 N–H and O–H groups in total. The molecule has 1 aromatic carbocycles. The van der Waals surface area contributed by atoms with Crippen molar-refractivity contribution in [3.63, 3.8) is 0 Å². The first kappa shape index (κ1) is 16.9. The second-order valence-electron chi connectivity index (χ2n) is 5.43. The van der Waals surface area contributed by atoms with Crippen LogP contribution in [0.4, 0.5) is 17.6 Å². The van der Waals surface area contributed by atoms with Gasteiger partial charge in [0, 0.05) is 5.54 Å². The third-order valence-electron chi connectivity index (χ3n) is 2.20. The Morgan fingerprint density at radius 3 is 2.10 bits per heavy atom. The van der Waals surface area contributed by atoms with E-state index < -0.39 is 28.8 Å². The van der Waals surface area contributed by atoms with Gasteiger partial charge >= 0.3 is 6.36 Å². The fraction of sp³-hybridized carbons (Fsp3) is 0.500. The molecule has 0 aromatic heterocycles. The van der Waals surface area contributed by atoms with Gasteiger partial charge in [-0.15, -0.1) is 13.2 Å². The van der Waals surface area contributed by atoms with Crippen molar-refractivity contribution in [2.24, 2.45) is 0 Å². The largest absolute Gasteiger partial charge is 0.573 e. The van der Waals surface area contributed by atoms with Crippen molar-refractivity contribution < 1.29 is 22.3 Å². The second-order valence-corrected chi connectivity index (χ2v) is 5.43. The highest BCUT2D eigenvalue weighted by Gasteiger charge is 2.33. The SMILES string of the molecule is [B]C([B])(NC(C)(C)C)c1cc(OC(F)(F)F)ccc1F. The molecule has 106 valence electrons. The molecular weight excluding hydrogens is 272 g/mol. The minimum absolute atomic E-state index is 0.325. The molecule has 0 fully saturated rings. The summed E-state index contributed by atoms with van der Waals surface area (Å²) in [5.41, 5.74) is -0.897. The molecule has 0 unspecified atom stereocenters. The highest BCUT2D eigenvalue weighted by atomic mass is 19.4. The maximum Gasteiger partial charge on any atom is 0.573 e. The summed E-state index contributed by atoms with van der Waals surface area (Å²) in [6.07, 6.45) is -4.88. The highest BCUT2D eigenvalue weighted by Crippen LogP contribution is 2.28. The van der Waals surface area contributed by atoms with Crippen LogP contribution >= 0.6 is 0 Å². The Morgan fingerprint density at radius 2 is 1.65 bits per heavy atom. The molecule has 0 saturated carbocycles. The second kappa shape index (κ2) is 5.31. The first-order chi connectivity index (χ1) is 8.80. The van der Waals surface area contributed by atoms with Crippen molar-refractivity contribution in [1.82, 2.24) is 5.32 Å². The molecule has 0 aliphatic carbocycles. The van der Waals surface area contributed by atoms with Crippen LogP contribution in [-0.4, -0.2) is 27.6 Å². The van der Waals surface area contributed by atoms with Crippen LogP contribution in [0.1, 0.15) is 26.3 Å². The van der Waals surface area contributed by atoms with E-state index in [1.165, 1.54) is 0 Å².